The van der Waals surface area contributed by atoms with Gasteiger partial charge in [-0.1, -0.05) is 12.1 Å². The third-order valence-electron chi connectivity index (χ3n) is 2.18. The van der Waals surface area contributed by atoms with Crippen molar-refractivity contribution in [2.45, 2.75) is 25.8 Å². The van der Waals surface area contributed by atoms with Crippen LogP contribution in [0.1, 0.15) is 12.5 Å². The number of halogens is 2. The van der Waals surface area contributed by atoms with Crippen LogP contribution in [0.5, 0.6) is 11.5 Å². The van der Waals surface area contributed by atoms with Crippen LogP contribution in [-0.4, -0.2) is 26.2 Å². The Morgan fingerprint density at radius 1 is 1.35 bits per heavy atom. The Morgan fingerprint density at radius 3 is 2.59 bits per heavy atom. The van der Waals surface area contributed by atoms with Crippen LogP contribution >= 0.6 is 0 Å². The minimum atomic E-state index is -2.51. The van der Waals surface area contributed by atoms with Gasteiger partial charge < -0.3 is 15.2 Å². The molecule has 1 aromatic rings. The van der Waals surface area contributed by atoms with Crippen molar-refractivity contribution >= 4 is 0 Å². The van der Waals surface area contributed by atoms with E-state index in [1.165, 1.54) is 7.11 Å². The Labute approximate surface area is 99.5 Å². The van der Waals surface area contributed by atoms with Crippen LogP contribution < -0.4 is 15.2 Å². The summed E-state index contributed by atoms with van der Waals surface area (Å²) in [5, 5.41) is 0. The van der Waals surface area contributed by atoms with E-state index in [1.54, 1.807) is 18.2 Å². The zero-order valence-corrected chi connectivity index (χ0v) is 9.95. The summed E-state index contributed by atoms with van der Waals surface area (Å²) in [6.45, 7) is 1.20. The summed E-state index contributed by atoms with van der Waals surface area (Å²) in [5.74, 6) is 0.802. The maximum Gasteiger partial charge on any atom is 0.272 e. The van der Waals surface area contributed by atoms with Crippen LogP contribution in [0.2, 0.25) is 0 Å². The topological polar surface area (TPSA) is 44.5 Å². The molecule has 96 valence electrons. The van der Waals surface area contributed by atoms with Crippen molar-refractivity contribution in [3.8, 4) is 11.5 Å². The van der Waals surface area contributed by atoms with Crippen molar-refractivity contribution in [2.24, 2.45) is 5.73 Å². The third-order valence-corrected chi connectivity index (χ3v) is 2.18. The Balaban J connectivity index is 2.94. The lowest BCUT2D eigenvalue weighted by Gasteiger charge is -2.15. The largest absolute Gasteiger partial charge is 0.493 e. The molecule has 2 N–H and O–H groups in total. The summed E-state index contributed by atoms with van der Waals surface area (Å²) in [6.07, 6.45) is -1.96. The van der Waals surface area contributed by atoms with Crippen molar-refractivity contribution in [3.63, 3.8) is 0 Å². The molecule has 5 heteroatoms. The number of alkyl halides is 2. The molecular weight excluding hydrogens is 228 g/mol. The van der Waals surface area contributed by atoms with Gasteiger partial charge in [0.05, 0.1) is 7.11 Å². The summed E-state index contributed by atoms with van der Waals surface area (Å²) in [7, 11) is 1.47. The first-order valence-electron chi connectivity index (χ1n) is 5.37. The number of ether oxygens (including phenoxy) is 2. The van der Waals surface area contributed by atoms with E-state index in [-0.39, 0.29) is 6.04 Å². The van der Waals surface area contributed by atoms with E-state index in [0.717, 1.165) is 5.56 Å². The van der Waals surface area contributed by atoms with Crippen molar-refractivity contribution in [3.05, 3.63) is 23.8 Å². The highest BCUT2D eigenvalue weighted by Crippen LogP contribution is 2.32. The van der Waals surface area contributed by atoms with E-state index < -0.39 is 13.0 Å². The number of hydrogen-bond acceptors (Lipinski definition) is 3. The first-order chi connectivity index (χ1) is 8.04. The first kappa shape index (κ1) is 13.7. The van der Waals surface area contributed by atoms with Crippen LogP contribution in [0.3, 0.4) is 0 Å². The quantitative estimate of drug-likeness (QED) is 0.835. The second-order valence-electron chi connectivity index (χ2n) is 3.83. The standard InChI is InChI=1S/C12H17F2NO2/c1-8(15)6-9-4-3-5-10(16-2)12(9)17-7-11(13)14/h3-5,8,11H,6-7,15H2,1-2H3. The molecule has 0 spiro atoms. The van der Waals surface area contributed by atoms with E-state index in [1.807, 2.05) is 6.92 Å². The molecule has 0 aliphatic rings. The fourth-order valence-electron chi connectivity index (χ4n) is 1.54. The van der Waals surface area contributed by atoms with Crippen LogP contribution in [0, 0.1) is 0 Å². The maximum atomic E-state index is 12.2. The molecule has 0 radical (unpaired) electrons. The van der Waals surface area contributed by atoms with Gasteiger partial charge in [0.1, 0.15) is 6.61 Å². The molecule has 0 saturated carbocycles. The lowest BCUT2D eigenvalue weighted by molar-refractivity contribution is 0.0799. The van der Waals surface area contributed by atoms with Gasteiger partial charge >= 0.3 is 0 Å². The normalized spacial score (nSPS) is 12.6. The molecule has 0 aliphatic heterocycles. The summed E-state index contributed by atoms with van der Waals surface area (Å²) < 4.78 is 34.5. The van der Waals surface area contributed by atoms with Crippen molar-refractivity contribution < 1.29 is 18.3 Å². The fraction of sp³-hybridized carbons (Fsp3) is 0.500. The van der Waals surface area contributed by atoms with Gasteiger partial charge in [0.25, 0.3) is 6.43 Å². The zero-order chi connectivity index (χ0) is 12.8. The average molecular weight is 245 g/mol. The van der Waals surface area contributed by atoms with Crippen molar-refractivity contribution in [2.75, 3.05) is 13.7 Å². The second kappa shape index (κ2) is 6.39. The lowest BCUT2D eigenvalue weighted by atomic mass is 10.1. The lowest BCUT2D eigenvalue weighted by Crippen LogP contribution is -2.19. The molecule has 0 heterocycles. The summed E-state index contributed by atoms with van der Waals surface area (Å²) >= 11 is 0. The molecule has 0 aliphatic carbocycles. The molecule has 0 bridgehead atoms. The highest BCUT2D eigenvalue weighted by molar-refractivity contribution is 5.47. The van der Waals surface area contributed by atoms with Gasteiger partial charge in [-0.2, -0.15) is 0 Å². The Morgan fingerprint density at radius 2 is 2.06 bits per heavy atom. The van der Waals surface area contributed by atoms with Crippen LogP contribution in [0.15, 0.2) is 18.2 Å². The molecule has 0 fully saturated rings. The highest BCUT2D eigenvalue weighted by Gasteiger charge is 2.14. The number of hydrogen-bond donors (Lipinski definition) is 1. The fourth-order valence-corrected chi connectivity index (χ4v) is 1.54. The molecule has 1 atom stereocenters. The second-order valence-corrected chi connectivity index (χ2v) is 3.83. The molecular formula is C12H17F2NO2. The average Bonchev–Trinajstić information content (AvgIpc) is 2.26. The highest BCUT2D eigenvalue weighted by atomic mass is 19.3. The number of rotatable bonds is 6. The van der Waals surface area contributed by atoms with Crippen LogP contribution in [0.4, 0.5) is 8.78 Å². The van der Waals surface area contributed by atoms with Crippen LogP contribution in [0.25, 0.3) is 0 Å². The van der Waals surface area contributed by atoms with E-state index in [9.17, 15) is 8.78 Å². The zero-order valence-electron chi connectivity index (χ0n) is 9.95. The molecule has 1 unspecified atom stereocenters. The number of benzene rings is 1. The van der Waals surface area contributed by atoms with E-state index in [4.69, 9.17) is 15.2 Å². The molecule has 0 saturated heterocycles. The van der Waals surface area contributed by atoms with E-state index in [2.05, 4.69) is 0 Å². The summed E-state index contributed by atoms with van der Waals surface area (Å²) in [5.41, 5.74) is 6.47. The van der Waals surface area contributed by atoms with Crippen molar-refractivity contribution in [1.82, 2.24) is 0 Å². The molecule has 0 amide bonds. The predicted octanol–water partition coefficient (Wildman–Crippen LogP) is 2.23. The number of nitrogens with two attached hydrogens (primary N) is 1. The molecule has 0 aromatic heterocycles. The van der Waals surface area contributed by atoms with Gasteiger partial charge in [0.2, 0.25) is 0 Å². The van der Waals surface area contributed by atoms with Gasteiger partial charge in [-0.15, -0.1) is 0 Å². The monoisotopic (exact) mass is 245 g/mol. The third kappa shape index (κ3) is 4.19. The Kier molecular flexibility index (Phi) is 5.15. The SMILES string of the molecule is COc1cccc(CC(C)N)c1OCC(F)F. The van der Waals surface area contributed by atoms with Gasteiger partial charge in [-0.25, -0.2) is 8.78 Å². The molecule has 1 aromatic carbocycles. The van der Waals surface area contributed by atoms with E-state index in [0.29, 0.717) is 17.9 Å². The Bertz CT molecular complexity index is 356. The van der Waals surface area contributed by atoms with Gasteiger partial charge in [0.15, 0.2) is 11.5 Å². The first-order valence-corrected chi connectivity index (χ1v) is 5.37. The van der Waals surface area contributed by atoms with Gasteiger partial charge in [-0.05, 0) is 25.0 Å². The van der Waals surface area contributed by atoms with Crippen LogP contribution in [-0.2, 0) is 6.42 Å². The van der Waals surface area contributed by atoms with Gasteiger partial charge in [0, 0.05) is 6.04 Å². The maximum absolute atomic E-state index is 12.2. The van der Waals surface area contributed by atoms with Gasteiger partial charge in [-0.3, -0.25) is 0 Å². The molecule has 1 rings (SSSR count). The van der Waals surface area contributed by atoms with E-state index >= 15 is 0 Å². The summed E-state index contributed by atoms with van der Waals surface area (Å²) in [4.78, 5) is 0. The van der Waals surface area contributed by atoms with Crippen molar-refractivity contribution in [1.29, 1.82) is 0 Å². The smallest absolute Gasteiger partial charge is 0.272 e. The minimum absolute atomic E-state index is 0.0731. The predicted molar refractivity (Wildman–Crippen MR) is 61.8 cm³/mol. The number of para-hydroxylation sites is 1. The molecule has 17 heavy (non-hydrogen) atoms. The number of methoxy groups -OCH3 is 1. The summed E-state index contributed by atoms with van der Waals surface area (Å²) in [6, 6.07) is 5.18. The minimum Gasteiger partial charge on any atom is -0.493 e. The Hall–Kier alpha value is -1.36. The molecule has 3 nitrogen and oxygen atoms in total.